The third-order valence-corrected chi connectivity index (χ3v) is 41.1. The minimum atomic E-state index is -3.53. The van der Waals surface area contributed by atoms with Crippen molar-refractivity contribution in [1.82, 2.24) is 0 Å². The first-order valence-corrected chi connectivity index (χ1v) is 27.8. The molecule has 0 unspecified atom stereocenters. The van der Waals surface area contributed by atoms with Crippen LogP contribution in [0.4, 0.5) is 0 Å². The molecule has 1 aliphatic rings. The van der Waals surface area contributed by atoms with E-state index >= 15 is 0 Å². The molecule has 0 N–H and O–H groups in total. The summed E-state index contributed by atoms with van der Waals surface area (Å²) < 4.78 is 50.5. The van der Waals surface area contributed by atoms with Crippen molar-refractivity contribution in [3.8, 4) is 0 Å². The standard InChI is InChI=1S/C11H24OPSi2.3C6H5.5CO.Sn.W/c1-8-12-10-9-13(10)11(14(2,3)4)15(5,6)7;3*1-2-4-6-5-3-1;5*1-2;;/h11H,8H2,1-7H3;3*1-5H;;;;;;;/t13-;;;;;;;;;;/m1........../s1. The van der Waals surface area contributed by atoms with E-state index < -0.39 is 34.5 Å². The van der Waals surface area contributed by atoms with Gasteiger partial charge < -0.3 is 0 Å². The second-order valence-corrected chi connectivity index (χ2v) is 37.6. The van der Waals surface area contributed by atoms with Crippen LogP contribution in [0.2, 0.25) is 39.3 Å². The summed E-state index contributed by atoms with van der Waals surface area (Å²) in [6.45, 7) is 41.0. The maximum atomic E-state index is 7.50. The predicted octanol–water partition coefficient (Wildman–Crippen LogP) is 6.33. The Hall–Kier alpha value is -1.75. The maximum absolute atomic E-state index is 7.50. The van der Waals surface area contributed by atoms with Gasteiger partial charge in [0.05, 0.1) is 0 Å². The number of hydrogen-bond acceptors (Lipinski definition) is 1. The zero-order valence-corrected chi connectivity index (χ0v) is 35.4. The molecule has 0 aromatic heterocycles. The van der Waals surface area contributed by atoms with Gasteiger partial charge in [-0.1, -0.05) is 0 Å². The number of ether oxygens (including phenoxy) is 1. The van der Waals surface area contributed by atoms with Gasteiger partial charge in [0.25, 0.3) is 0 Å². The van der Waals surface area contributed by atoms with Crippen LogP contribution in [0.15, 0.2) is 99.8 Å². The Morgan fingerprint density at radius 2 is 0.844 bits per heavy atom. The van der Waals surface area contributed by atoms with Crippen molar-refractivity contribution in [2.45, 2.75) is 51.1 Å². The fraction of sp³-hybridized carbons (Fsp3) is 0.265. The van der Waals surface area contributed by atoms with Gasteiger partial charge in [0, 0.05) is 21.1 Å². The summed E-state index contributed by atoms with van der Waals surface area (Å²) >= 11 is -3.53. The Labute approximate surface area is 291 Å². The summed E-state index contributed by atoms with van der Waals surface area (Å²) in [4.78, 5) is 0.832. The molecule has 0 bridgehead atoms. The van der Waals surface area contributed by atoms with Crippen LogP contribution in [-0.2, 0) is 49.1 Å². The Kier molecular flexibility index (Phi) is 25.9. The van der Waals surface area contributed by atoms with Crippen LogP contribution in [0.3, 0.4) is 0 Å². The quantitative estimate of drug-likeness (QED) is 0.106. The molecule has 0 radical (unpaired) electrons. The predicted molar refractivity (Wildman–Crippen MR) is 180 cm³/mol. The molecule has 0 amide bonds. The van der Waals surface area contributed by atoms with Gasteiger partial charge in [0.2, 0.25) is 0 Å². The van der Waals surface area contributed by atoms with Gasteiger partial charge in [-0.25, -0.2) is 0 Å². The normalized spacial score (nSPS) is 12.8. The zero-order chi connectivity index (χ0) is 34.6. The minimum absolute atomic E-state index is 0. The van der Waals surface area contributed by atoms with E-state index in [0.29, 0.717) is 0 Å². The maximum Gasteiger partial charge on any atom is 0 e. The molecule has 1 aliphatic heterocycles. The van der Waals surface area contributed by atoms with Gasteiger partial charge in [-0.3, -0.25) is 0 Å². The van der Waals surface area contributed by atoms with E-state index in [1.165, 1.54) is 5.50 Å². The number of rotatable bonds is 9. The van der Waals surface area contributed by atoms with Crippen LogP contribution < -0.4 is 10.7 Å². The number of hydrogen-bond donors (Lipinski definition) is 0. The van der Waals surface area contributed by atoms with E-state index in [-0.39, 0.29) is 29.0 Å². The van der Waals surface area contributed by atoms with Crippen molar-refractivity contribution in [3.63, 3.8) is 0 Å². The fourth-order valence-corrected chi connectivity index (χ4v) is 49.6. The molecule has 11 heteroatoms. The van der Waals surface area contributed by atoms with Crippen LogP contribution in [0.1, 0.15) is 6.92 Å². The van der Waals surface area contributed by atoms with Gasteiger partial charge in [0.15, 0.2) is 0 Å². The van der Waals surface area contributed by atoms with Crippen LogP contribution in [0.5, 0.6) is 0 Å². The Morgan fingerprint density at radius 3 is 1.07 bits per heavy atom. The summed E-state index contributed by atoms with van der Waals surface area (Å²) in [6, 6.07) is 34.4. The summed E-state index contributed by atoms with van der Waals surface area (Å²) in [6.07, 6.45) is 0. The first-order chi connectivity index (χ1) is 21.1. The van der Waals surface area contributed by atoms with Gasteiger partial charge in [0.1, 0.15) is 0 Å². The molecule has 3 aromatic carbocycles. The Balaban J connectivity index is -0.00000146. The smallest absolute Gasteiger partial charge is 0 e. The van der Waals surface area contributed by atoms with E-state index in [0.717, 1.165) is 11.5 Å². The minimum Gasteiger partial charge on any atom is 0 e. The second kappa shape index (κ2) is 24.4. The monoisotopic (exact) mass is 934 g/mol. The molecule has 0 saturated heterocycles. The average Bonchev–Trinajstić information content (AvgIpc) is 3.74. The van der Waals surface area contributed by atoms with E-state index in [9.17, 15) is 0 Å². The molecule has 1 heterocycles. The summed E-state index contributed by atoms with van der Waals surface area (Å²) in [5, 5.41) is 0. The van der Waals surface area contributed by atoms with Crippen molar-refractivity contribution in [1.29, 1.82) is 0 Å². The van der Waals surface area contributed by atoms with Crippen molar-refractivity contribution in [3.05, 3.63) is 133 Å². The molecule has 4 rings (SSSR count). The molecule has 0 spiro atoms. The van der Waals surface area contributed by atoms with Gasteiger partial charge >= 0.3 is 272 Å². The van der Waals surface area contributed by atoms with Crippen molar-refractivity contribution in [2.24, 2.45) is 0 Å². The summed E-state index contributed by atoms with van der Waals surface area (Å²) in [7, 11) is -3.18. The van der Waals surface area contributed by atoms with Crippen molar-refractivity contribution < 1.29 is 49.1 Å². The molecule has 0 fully saturated rings. The van der Waals surface area contributed by atoms with Crippen LogP contribution >= 0.6 is 7.92 Å². The first kappa shape index (κ1) is 47.7. The van der Waals surface area contributed by atoms with Gasteiger partial charge in [-0.05, 0) is 0 Å². The third-order valence-electron chi connectivity index (χ3n) is 6.77. The number of benzene rings is 3. The second-order valence-electron chi connectivity index (χ2n) is 11.4. The van der Waals surface area contributed by atoms with Gasteiger partial charge in [-0.15, -0.1) is 0 Å². The SMILES string of the molecule is CCOC1=[C]([Sn]([c]2ccccc2)([c]2ccccc2)[c]2ccccc2)[P@@]1C([Si](C)(C)C)[Si](C)(C)C.[C-]#[O+].[C-]#[O+].[C-]#[O+].[C-]#[O+].[C-]#[O+].[W]. The van der Waals surface area contributed by atoms with Crippen molar-refractivity contribution in [2.75, 3.05) is 6.61 Å². The zero-order valence-electron chi connectivity index (χ0n) is 26.7. The fourth-order valence-electron chi connectivity index (χ4n) is 6.07. The van der Waals surface area contributed by atoms with E-state index in [2.05, 4.69) is 170 Å². The largest absolute Gasteiger partial charge is 0 e. The van der Waals surface area contributed by atoms with Crippen molar-refractivity contribution >= 4 is 53.2 Å². The Morgan fingerprint density at radius 1 is 0.578 bits per heavy atom. The van der Waals surface area contributed by atoms with Crippen LogP contribution in [-0.4, -0.2) is 46.0 Å². The molecular formula is C34H39O6PSi2SnW. The summed E-state index contributed by atoms with van der Waals surface area (Å²) in [5.74, 6) is 0. The first-order valence-electron chi connectivity index (χ1n) is 13.5. The molecular weight excluding hydrogens is 894 g/mol. The van der Waals surface area contributed by atoms with E-state index in [1.54, 1.807) is 14.1 Å². The van der Waals surface area contributed by atoms with Crippen LogP contribution in [0.25, 0.3) is 0 Å². The molecule has 6 nitrogen and oxygen atoms in total. The molecule has 45 heavy (non-hydrogen) atoms. The van der Waals surface area contributed by atoms with Gasteiger partial charge in [-0.2, -0.15) is 0 Å². The molecule has 3 aromatic rings. The van der Waals surface area contributed by atoms with Crippen LogP contribution in [0, 0.1) is 33.3 Å². The van der Waals surface area contributed by atoms with E-state index in [1.807, 2.05) is 0 Å². The average molecular weight is 933 g/mol. The molecule has 1 atom stereocenters. The summed E-state index contributed by atoms with van der Waals surface area (Å²) in [5.41, 5.74) is 1.42. The topological polar surface area (TPSA) is 109 Å². The Bertz CT molecular complexity index is 1240. The molecule has 234 valence electrons. The molecule has 0 aliphatic carbocycles. The van der Waals surface area contributed by atoms with E-state index in [4.69, 9.17) is 28.0 Å². The molecule has 0 saturated carbocycles. The third kappa shape index (κ3) is 12.1.